The Hall–Kier alpha value is -5.46. The summed E-state index contributed by atoms with van der Waals surface area (Å²) in [4.78, 5) is 25.4. The van der Waals surface area contributed by atoms with Gasteiger partial charge >= 0.3 is 5.97 Å². The van der Waals surface area contributed by atoms with Crippen molar-refractivity contribution in [1.82, 2.24) is 0 Å². The molecule has 7 heteroatoms. The van der Waals surface area contributed by atoms with Crippen LogP contribution in [0.15, 0.2) is 138 Å². The van der Waals surface area contributed by atoms with Crippen LogP contribution in [0, 0.1) is 0 Å². The smallest absolute Gasteiger partial charge is 0.309 e. The van der Waals surface area contributed by atoms with Crippen LogP contribution in [-0.2, 0) is 31.6 Å². The van der Waals surface area contributed by atoms with Gasteiger partial charge in [-0.15, -0.1) is 0 Å². The van der Waals surface area contributed by atoms with E-state index in [2.05, 4.69) is 128 Å². The fraction of sp³-hybridized carbons (Fsp3) is 0.239. The summed E-state index contributed by atoms with van der Waals surface area (Å²) in [6.07, 6.45) is 6.70. The monoisotopic (exact) mass is 723 g/mol. The number of allylic oxidation sites excluding steroid dienone is 6. The molecule has 1 N–H and O–H groups in total. The molecule has 0 fully saturated rings. The molecule has 1 atom stereocenters. The largest absolute Gasteiger partial charge is 0.481 e. The predicted octanol–water partition coefficient (Wildman–Crippen LogP) is 9.99. The van der Waals surface area contributed by atoms with Gasteiger partial charge in [-0.25, -0.2) is 0 Å². The van der Waals surface area contributed by atoms with Crippen molar-refractivity contribution < 1.29 is 24.0 Å². The van der Waals surface area contributed by atoms with E-state index in [-0.39, 0.29) is 18.4 Å². The molecule has 268 valence electrons. The molecule has 0 saturated carbocycles. The SMILES string of the molecule is C\C(=C/C(Cl)=C/C=C1\N(CCOC=O)c2ccccc2C1(C)C)C1=[N+](CCC(=O)O)c2c(c3ccccc3c3ccccc23)C1(C)Cc1ccccc1. The first kappa shape index (κ1) is 35.9. The number of ether oxygens (including phenoxy) is 1. The number of aliphatic carboxylic acids is 1. The standard InChI is InChI=1S/C46H43ClN2O4/c1-31(28-33(47)22-23-40-45(2,3)38-20-12-13-21-39(38)48(40)26-27-53-30-50)44-46(4,29-32-14-6-5-7-15-32)42-36-18-10-8-16-34(36)35-17-9-11-19-37(35)43(42)49(44)25-24-41(51)52/h5-23,28,30H,24-27,29H2,1-4H3/p+1. The van der Waals surface area contributed by atoms with Gasteiger partial charge in [-0.1, -0.05) is 116 Å². The highest BCUT2D eigenvalue weighted by Gasteiger charge is 2.51. The average molecular weight is 724 g/mol. The first-order valence-corrected chi connectivity index (χ1v) is 18.5. The van der Waals surface area contributed by atoms with Crippen LogP contribution in [0.5, 0.6) is 0 Å². The van der Waals surface area contributed by atoms with Crippen molar-refractivity contribution in [2.75, 3.05) is 24.6 Å². The van der Waals surface area contributed by atoms with Crippen LogP contribution in [0.3, 0.4) is 0 Å². The number of carbonyl (C=O) groups excluding carboxylic acids is 1. The van der Waals surface area contributed by atoms with Gasteiger partial charge in [0.1, 0.15) is 13.0 Å². The van der Waals surface area contributed by atoms with Crippen molar-refractivity contribution in [2.45, 2.75) is 51.4 Å². The predicted molar refractivity (Wildman–Crippen MR) is 216 cm³/mol. The van der Waals surface area contributed by atoms with Gasteiger partial charge in [-0.05, 0) is 77.9 Å². The molecule has 0 saturated heterocycles. The number of benzene rings is 5. The fourth-order valence-electron chi connectivity index (χ4n) is 8.80. The van der Waals surface area contributed by atoms with Crippen molar-refractivity contribution in [1.29, 1.82) is 0 Å². The highest BCUT2D eigenvalue weighted by atomic mass is 35.5. The molecule has 0 spiro atoms. The Labute approximate surface area is 316 Å². The maximum atomic E-state index is 12.2. The second kappa shape index (κ2) is 14.5. The van der Waals surface area contributed by atoms with Crippen LogP contribution in [0.2, 0.25) is 0 Å². The van der Waals surface area contributed by atoms with Crippen LogP contribution in [0.25, 0.3) is 21.5 Å². The van der Waals surface area contributed by atoms with Crippen molar-refractivity contribution >= 4 is 62.7 Å². The number of carboxylic acid groups (broad SMARTS) is 1. The third-order valence-corrected chi connectivity index (χ3v) is 11.1. The molecule has 0 bridgehead atoms. The summed E-state index contributed by atoms with van der Waals surface area (Å²) in [6, 6.07) is 35.8. The summed E-state index contributed by atoms with van der Waals surface area (Å²) in [5, 5.41) is 15.1. The molecular weight excluding hydrogens is 680 g/mol. The molecular formula is C46H44ClN2O4+. The summed E-state index contributed by atoms with van der Waals surface area (Å²) < 4.78 is 7.36. The maximum absolute atomic E-state index is 12.2. The molecule has 0 amide bonds. The van der Waals surface area contributed by atoms with Crippen molar-refractivity contribution in [3.8, 4) is 0 Å². The van der Waals surface area contributed by atoms with Gasteiger partial charge in [0.15, 0.2) is 12.3 Å². The minimum absolute atomic E-state index is 0.0201. The number of hydrogen-bond acceptors (Lipinski definition) is 4. The summed E-state index contributed by atoms with van der Waals surface area (Å²) in [5.74, 6) is -0.845. The van der Waals surface area contributed by atoms with Crippen LogP contribution < -0.4 is 4.90 Å². The Morgan fingerprint density at radius 1 is 0.868 bits per heavy atom. The number of carbonyl (C=O) groups is 2. The third kappa shape index (κ3) is 6.46. The van der Waals surface area contributed by atoms with E-state index in [4.69, 9.17) is 16.3 Å². The number of rotatable bonds is 12. The summed E-state index contributed by atoms with van der Waals surface area (Å²) >= 11 is 7.17. The Morgan fingerprint density at radius 3 is 2.19 bits per heavy atom. The third-order valence-electron chi connectivity index (χ3n) is 10.9. The second-order valence-electron chi connectivity index (χ2n) is 14.6. The lowest BCUT2D eigenvalue weighted by Gasteiger charge is -2.26. The Kier molecular flexibility index (Phi) is 9.84. The topological polar surface area (TPSA) is 69.8 Å². The van der Waals surface area contributed by atoms with E-state index in [0.29, 0.717) is 31.0 Å². The Morgan fingerprint density at radius 2 is 1.49 bits per heavy atom. The molecule has 2 heterocycles. The fourth-order valence-corrected chi connectivity index (χ4v) is 9.03. The van der Waals surface area contributed by atoms with E-state index in [1.54, 1.807) is 0 Å². The Bertz CT molecular complexity index is 2370. The molecule has 5 aromatic carbocycles. The average Bonchev–Trinajstić information content (AvgIpc) is 3.53. The number of halogens is 1. The minimum atomic E-state index is -0.845. The molecule has 1 unspecified atom stereocenters. The number of hydrogen-bond donors (Lipinski definition) is 1. The number of carboxylic acids is 1. The summed E-state index contributed by atoms with van der Waals surface area (Å²) in [7, 11) is 0. The van der Waals surface area contributed by atoms with Gasteiger partial charge in [-0.3, -0.25) is 9.59 Å². The molecule has 6 nitrogen and oxygen atoms in total. The molecule has 0 radical (unpaired) electrons. The molecule has 5 aromatic rings. The van der Waals surface area contributed by atoms with Gasteiger partial charge in [0.25, 0.3) is 6.47 Å². The number of nitrogens with zero attached hydrogens (tertiary/aromatic N) is 2. The zero-order chi connectivity index (χ0) is 37.3. The molecule has 7 rings (SSSR count). The summed E-state index contributed by atoms with van der Waals surface area (Å²) in [6.45, 7) is 10.3. The van der Waals surface area contributed by atoms with Gasteiger partial charge in [0, 0.05) is 33.0 Å². The molecule has 53 heavy (non-hydrogen) atoms. The van der Waals surface area contributed by atoms with E-state index in [1.165, 1.54) is 22.1 Å². The first-order chi connectivity index (χ1) is 25.6. The van der Waals surface area contributed by atoms with E-state index in [0.717, 1.165) is 44.5 Å². The first-order valence-electron chi connectivity index (χ1n) is 18.1. The van der Waals surface area contributed by atoms with E-state index < -0.39 is 11.4 Å². The zero-order valence-corrected chi connectivity index (χ0v) is 31.4. The van der Waals surface area contributed by atoms with E-state index in [1.807, 2.05) is 30.4 Å². The van der Waals surface area contributed by atoms with Gasteiger partial charge in [0.05, 0.1) is 17.3 Å². The lowest BCUT2D eigenvalue weighted by Crippen LogP contribution is -2.36. The van der Waals surface area contributed by atoms with E-state index in [9.17, 15) is 14.7 Å². The molecule has 0 aliphatic carbocycles. The van der Waals surface area contributed by atoms with Gasteiger partial charge < -0.3 is 14.7 Å². The maximum Gasteiger partial charge on any atom is 0.309 e. The number of fused-ring (bicyclic) bond motifs is 7. The van der Waals surface area contributed by atoms with Crippen LogP contribution >= 0.6 is 11.6 Å². The van der Waals surface area contributed by atoms with Crippen LogP contribution in [-0.4, -0.2) is 47.5 Å². The van der Waals surface area contributed by atoms with Crippen molar-refractivity contribution in [3.63, 3.8) is 0 Å². The van der Waals surface area contributed by atoms with E-state index >= 15 is 0 Å². The zero-order valence-electron chi connectivity index (χ0n) is 30.6. The molecule has 2 aliphatic rings. The number of anilines is 1. The van der Waals surface area contributed by atoms with Crippen molar-refractivity contribution in [3.05, 3.63) is 154 Å². The molecule has 0 aromatic heterocycles. The van der Waals surface area contributed by atoms with Crippen LogP contribution in [0.1, 0.15) is 50.8 Å². The molecule has 2 aliphatic heterocycles. The van der Waals surface area contributed by atoms with Crippen molar-refractivity contribution in [2.24, 2.45) is 0 Å². The lowest BCUT2D eigenvalue weighted by molar-refractivity contribution is -0.435. The van der Waals surface area contributed by atoms with Gasteiger partial charge in [-0.2, -0.15) is 4.58 Å². The highest BCUT2D eigenvalue weighted by molar-refractivity contribution is 6.32. The second-order valence-corrected chi connectivity index (χ2v) is 15.1. The quantitative estimate of drug-likeness (QED) is 0.0456. The normalized spacial score (nSPS) is 18.9. The highest BCUT2D eigenvalue weighted by Crippen LogP contribution is 2.52. The van der Waals surface area contributed by atoms with Gasteiger partial charge in [0.2, 0.25) is 5.69 Å². The minimum Gasteiger partial charge on any atom is -0.481 e. The van der Waals surface area contributed by atoms with Crippen LogP contribution in [0.4, 0.5) is 11.4 Å². The summed E-state index contributed by atoms with van der Waals surface area (Å²) in [5.41, 5.74) is 7.94. The number of para-hydroxylation sites is 1. The Balaban J connectivity index is 1.41. The lowest BCUT2D eigenvalue weighted by atomic mass is 9.71.